The van der Waals surface area contributed by atoms with Crippen molar-refractivity contribution < 1.29 is 13.9 Å². The molecule has 0 saturated carbocycles. The maximum atomic E-state index is 13.8. The summed E-state index contributed by atoms with van der Waals surface area (Å²) in [4.78, 5) is 17.7. The Morgan fingerprint density at radius 2 is 1.69 bits per heavy atom. The summed E-state index contributed by atoms with van der Waals surface area (Å²) < 4.78 is 18.9. The van der Waals surface area contributed by atoms with Crippen molar-refractivity contribution in [3.05, 3.63) is 65.5 Å². The highest BCUT2D eigenvalue weighted by molar-refractivity contribution is 5.84. The summed E-state index contributed by atoms with van der Waals surface area (Å²) in [6.07, 6.45) is 1.31. The van der Waals surface area contributed by atoms with Crippen molar-refractivity contribution in [2.75, 3.05) is 40.8 Å². The van der Waals surface area contributed by atoms with Gasteiger partial charge in [-0.15, -0.1) is 0 Å². The molecule has 0 heterocycles. The number of nitrogens with one attached hydrogen (secondary N) is 2. The molecule has 0 aliphatic rings. The molecular formula is C22H29FN4O2. The fourth-order valence-electron chi connectivity index (χ4n) is 2.60. The highest BCUT2D eigenvalue weighted by Gasteiger charge is 2.06. The number of rotatable bonds is 9. The molecule has 0 radical (unpaired) electrons. The fraction of sp³-hybridized carbons (Fsp3) is 0.364. The van der Waals surface area contributed by atoms with Gasteiger partial charge in [-0.3, -0.25) is 4.79 Å². The molecule has 6 nitrogen and oxygen atoms in total. The van der Waals surface area contributed by atoms with E-state index in [-0.39, 0.29) is 18.3 Å². The summed E-state index contributed by atoms with van der Waals surface area (Å²) in [5, 5.41) is 6.41. The van der Waals surface area contributed by atoms with E-state index in [0.29, 0.717) is 31.0 Å². The molecule has 0 unspecified atom stereocenters. The number of hydrogen-bond acceptors (Lipinski definition) is 3. The third kappa shape index (κ3) is 7.81. The number of benzene rings is 2. The topological polar surface area (TPSA) is 66.0 Å². The predicted molar refractivity (Wildman–Crippen MR) is 114 cm³/mol. The average molecular weight is 400 g/mol. The van der Waals surface area contributed by atoms with Gasteiger partial charge in [-0.25, -0.2) is 9.38 Å². The second kappa shape index (κ2) is 11.7. The number of likely N-dealkylation sites (N-methyl/N-ethyl adjacent to an activating group) is 1. The number of hydrogen-bond donors (Lipinski definition) is 2. The molecule has 2 N–H and O–H groups in total. The first-order chi connectivity index (χ1) is 14.0. The van der Waals surface area contributed by atoms with Crippen molar-refractivity contribution in [1.82, 2.24) is 15.5 Å². The molecule has 0 atom stereocenters. The normalized spacial score (nSPS) is 11.1. The number of aliphatic imine (C=N–C) groups is 1. The minimum atomic E-state index is -0.219. The van der Waals surface area contributed by atoms with Crippen LogP contribution >= 0.6 is 0 Å². The number of ether oxygens (including phenoxy) is 1. The Morgan fingerprint density at radius 1 is 1.03 bits per heavy atom. The van der Waals surface area contributed by atoms with E-state index in [1.807, 2.05) is 30.3 Å². The van der Waals surface area contributed by atoms with E-state index >= 15 is 0 Å². The lowest BCUT2D eigenvalue weighted by Crippen LogP contribution is -2.40. The first kappa shape index (κ1) is 22.2. The summed E-state index contributed by atoms with van der Waals surface area (Å²) in [5.41, 5.74) is 1.80. The summed E-state index contributed by atoms with van der Waals surface area (Å²) >= 11 is 0. The third-order valence-electron chi connectivity index (χ3n) is 4.38. The zero-order valence-electron chi connectivity index (χ0n) is 17.2. The van der Waals surface area contributed by atoms with Crippen LogP contribution in [0.2, 0.25) is 0 Å². The Hall–Kier alpha value is -3.09. The van der Waals surface area contributed by atoms with E-state index < -0.39 is 0 Å². The Labute approximate surface area is 171 Å². The van der Waals surface area contributed by atoms with Gasteiger partial charge in [-0.05, 0) is 42.2 Å². The Balaban J connectivity index is 1.90. The van der Waals surface area contributed by atoms with E-state index in [2.05, 4.69) is 15.6 Å². The molecule has 0 bridgehead atoms. The summed E-state index contributed by atoms with van der Waals surface area (Å²) in [5.74, 6) is 1.05. The van der Waals surface area contributed by atoms with Crippen molar-refractivity contribution in [2.45, 2.75) is 12.8 Å². The van der Waals surface area contributed by atoms with Crippen molar-refractivity contribution in [1.29, 1.82) is 0 Å². The highest BCUT2D eigenvalue weighted by atomic mass is 19.1. The second-order valence-electron chi connectivity index (χ2n) is 6.75. The minimum absolute atomic E-state index is 0.0462. The van der Waals surface area contributed by atoms with Crippen molar-refractivity contribution in [2.24, 2.45) is 4.99 Å². The molecule has 0 aromatic heterocycles. The lowest BCUT2D eigenvalue weighted by Gasteiger charge is -2.14. The van der Waals surface area contributed by atoms with Gasteiger partial charge >= 0.3 is 0 Å². The van der Waals surface area contributed by atoms with Crippen LogP contribution in [0.25, 0.3) is 0 Å². The van der Waals surface area contributed by atoms with Crippen LogP contribution in [-0.2, 0) is 17.6 Å². The van der Waals surface area contributed by atoms with Crippen LogP contribution in [0, 0.1) is 5.82 Å². The van der Waals surface area contributed by atoms with Gasteiger partial charge in [-0.2, -0.15) is 0 Å². The Bertz CT molecular complexity index is 807. The molecule has 0 aliphatic heterocycles. The van der Waals surface area contributed by atoms with Crippen molar-refractivity contribution in [3.8, 4) is 5.75 Å². The number of carbonyl (C=O) groups excluding carboxylic acids is 1. The molecule has 2 aromatic rings. The zero-order valence-corrected chi connectivity index (χ0v) is 17.2. The number of amides is 1. The molecule has 0 aliphatic carbocycles. The lowest BCUT2D eigenvalue weighted by molar-refractivity contribution is -0.127. The molecule has 2 aromatic carbocycles. The molecule has 7 heteroatoms. The van der Waals surface area contributed by atoms with Crippen LogP contribution in [0.15, 0.2) is 53.5 Å². The number of halogens is 1. The molecular weight excluding hydrogens is 371 g/mol. The first-order valence-corrected chi connectivity index (χ1v) is 9.58. The number of carbonyl (C=O) groups is 1. The van der Waals surface area contributed by atoms with Gasteiger partial charge in [0.1, 0.15) is 18.1 Å². The largest absolute Gasteiger partial charge is 0.497 e. The molecule has 29 heavy (non-hydrogen) atoms. The van der Waals surface area contributed by atoms with Crippen molar-refractivity contribution >= 4 is 11.9 Å². The Kier molecular flexibility index (Phi) is 8.95. The molecule has 0 saturated heterocycles. The van der Waals surface area contributed by atoms with Gasteiger partial charge in [0.15, 0.2) is 5.96 Å². The van der Waals surface area contributed by atoms with Gasteiger partial charge < -0.3 is 20.3 Å². The number of guanidine groups is 1. The van der Waals surface area contributed by atoms with Crippen LogP contribution in [0.5, 0.6) is 5.75 Å². The van der Waals surface area contributed by atoms with E-state index in [1.165, 1.54) is 11.0 Å². The minimum Gasteiger partial charge on any atom is -0.497 e. The summed E-state index contributed by atoms with van der Waals surface area (Å²) in [7, 11) is 5.03. The fourth-order valence-corrected chi connectivity index (χ4v) is 2.60. The van der Waals surface area contributed by atoms with E-state index in [0.717, 1.165) is 17.7 Å². The van der Waals surface area contributed by atoms with Gasteiger partial charge in [0.05, 0.1) is 7.11 Å². The van der Waals surface area contributed by atoms with Gasteiger partial charge in [0.2, 0.25) is 5.91 Å². The van der Waals surface area contributed by atoms with Crippen LogP contribution in [-0.4, -0.2) is 57.6 Å². The average Bonchev–Trinajstić information content (AvgIpc) is 2.73. The predicted octanol–water partition coefficient (Wildman–Crippen LogP) is 2.24. The van der Waals surface area contributed by atoms with E-state index in [9.17, 15) is 9.18 Å². The molecule has 156 valence electrons. The lowest BCUT2D eigenvalue weighted by atomic mass is 10.1. The van der Waals surface area contributed by atoms with Gasteiger partial charge in [0.25, 0.3) is 0 Å². The molecule has 1 amide bonds. The molecule has 2 rings (SSSR count). The van der Waals surface area contributed by atoms with E-state index in [1.54, 1.807) is 33.3 Å². The zero-order chi connectivity index (χ0) is 21.1. The molecule has 0 spiro atoms. The second-order valence-corrected chi connectivity index (χ2v) is 6.75. The monoisotopic (exact) mass is 400 g/mol. The van der Waals surface area contributed by atoms with Crippen LogP contribution in [0.3, 0.4) is 0 Å². The number of nitrogens with zero attached hydrogens (tertiary/aromatic N) is 2. The standard InChI is InChI=1S/C22H29FN4O2/c1-27(2)21(28)16-26-22(25-15-13-18-6-4-5-7-20(18)23)24-14-12-17-8-10-19(29-3)11-9-17/h4-11H,12-16H2,1-3H3,(H2,24,25,26). The quantitative estimate of drug-likeness (QED) is 0.501. The third-order valence-corrected chi connectivity index (χ3v) is 4.38. The highest BCUT2D eigenvalue weighted by Crippen LogP contribution is 2.11. The van der Waals surface area contributed by atoms with E-state index in [4.69, 9.17) is 4.74 Å². The Morgan fingerprint density at radius 3 is 2.31 bits per heavy atom. The van der Waals surface area contributed by atoms with Crippen LogP contribution in [0.1, 0.15) is 11.1 Å². The molecule has 0 fully saturated rings. The van der Waals surface area contributed by atoms with Gasteiger partial charge in [-0.1, -0.05) is 30.3 Å². The van der Waals surface area contributed by atoms with Crippen LogP contribution in [0.4, 0.5) is 4.39 Å². The maximum Gasteiger partial charge on any atom is 0.243 e. The summed E-state index contributed by atoms with van der Waals surface area (Å²) in [6, 6.07) is 14.6. The van der Waals surface area contributed by atoms with Crippen molar-refractivity contribution in [3.63, 3.8) is 0 Å². The van der Waals surface area contributed by atoms with Crippen LogP contribution < -0.4 is 15.4 Å². The smallest absolute Gasteiger partial charge is 0.243 e. The SMILES string of the molecule is COc1ccc(CCNC(=NCC(=O)N(C)C)NCCc2ccccc2F)cc1. The number of methoxy groups -OCH3 is 1. The first-order valence-electron chi connectivity index (χ1n) is 9.58. The summed E-state index contributed by atoms with van der Waals surface area (Å²) in [6.45, 7) is 1.20. The van der Waals surface area contributed by atoms with Gasteiger partial charge in [0, 0.05) is 27.2 Å². The maximum absolute atomic E-state index is 13.8.